The molecule has 5 rings (SSSR count). The lowest BCUT2D eigenvalue weighted by Crippen LogP contribution is -2.58. The second kappa shape index (κ2) is 10.4. The van der Waals surface area contributed by atoms with E-state index in [-0.39, 0.29) is 34.9 Å². The third-order valence-corrected chi connectivity index (χ3v) is 7.92. The van der Waals surface area contributed by atoms with Crippen molar-refractivity contribution in [3.8, 4) is 0 Å². The van der Waals surface area contributed by atoms with Crippen LogP contribution < -0.4 is 5.32 Å². The minimum absolute atomic E-state index is 0.0000383. The molecule has 1 saturated carbocycles. The standard InChI is InChI=1S/C30H37N5O4/c1-19-18-33(13-14-34(19)28(36)20-5-6-20)29(37)27(32-23-8-10-24(11-9-23)35(38)39)15-21-17-31-26-12-7-22(16-25(21)26)30(2,3)4/h7-12,16-17,19-20,27,31-32H,5-6,13-15,18H2,1-4H3. The number of aromatic nitrogens is 1. The fourth-order valence-corrected chi connectivity index (χ4v) is 5.38. The maximum atomic E-state index is 14.0. The molecule has 2 amide bonds. The van der Waals surface area contributed by atoms with Crippen molar-refractivity contribution in [1.82, 2.24) is 14.8 Å². The van der Waals surface area contributed by atoms with Crippen molar-refractivity contribution in [3.63, 3.8) is 0 Å². The number of rotatable bonds is 7. The summed E-state index contributed by atoms with van der Waals surface area (Å²) in [5.74, 6) is 0.328. The molecule has 2 heterocycles. The number of nitrogens with zero attached hydrogens (tertiary/aromatic N) is 3. The third-order valence-electron chi connectivity index (χ3n) is 7.92. The smallest absolute Gasteiger partial charge is 0.269 e. The van der Waals surface area contributed by atoms with Gasteiger partial charge in [-0.15, -0.1) is 0 Å². The molecule has 1 aromatic heterocycles. The molecule has 1 saturated heterocycles. The monoisotopic (exact) mass is 531 g/mol. The van der Waals surface area contributed by atoms with Gasteiger partial charge >= 0.3 is 0 Å². The number of nitrogens with one attached hydrogen (secondary N) is 2. The summed E-state index contributed by atoms with van der Waals surface area (Å²) in [6.45, 7) is 10.0. The van der Waals surface area contributed by atoms with E-state index in [2.05, 4.69) is 49.3 Å². The number of nitro groups is 1. The molecule has 2 aromatic carbocycles. The average Bonchev–Trinajstić information content (AvgIpc) is 3.68. The first-order valence-electron chi connectivity index (χ1n) is 13.7. The number of non-ortho nitro benzene ring substituents is 1. The van der Waals surface area contributed by atoms with Gasteiger partial charge in [-0.1, -0.05) is 26.8 Å². The van der Waals surface area contributed by atoms with Crippen molar-refractivity contribution in [1.29, 1.82) is 0 Å². The van der Waals surface area contributed by atoms with Gasteiger partial charge in [0, 0.05) is 72.9 Å². The number of H-pyrrole nitrogens is 1. The third kappa shape index (κ3) is 5.77. The van der Waals surface area contributed by atoms with Crippen LogP contribution in [0.15, 0.2) is 48.7 Å². The zero-order valence-electron chi connectivity index (χ0n) is 23.1. The molecule has 2 N–H and O–H groups in total. The van der Waals surface area contributed by atoms with E-state index in [9.17, 15) is 19.7 Å². The number of fused-ring (bicyclic) bond motifs is 1. The molecule has 0 radical (unpaired) electrons. The van der Waals surface area contributed by atoms with Gasteiger partial charge in [-0.2, -0.15) is 0 Å². The second-order valence-electron chi connectivity index (χ2n) is 12.0. The number of hydrogen-bond donors (Lipinski definition) is 2. The quantitative estimate of drug-likeness (QED) is 0.334. The van der Waals surface area contributed by atoms with Gasteiger partial charge in [-0.3, -0.25) is 19.7 Å². The highest BCUT2D eigenvalue weighted by molar-refractivity contribution is 5.89. The number of carbonyl (C=O) groups is 2. The topological polar surface area (TPSA) is 112 Å². The molecule has 9 heteroatoms. The molecule has 1 aliphatic carbocycles. The largest absolute Gasteiger partial charge is 0.373 e. The highest BCUT2D eigenvalue weighted by Crippen LogP contribution is 2.33. The first kappa shape index (κ1) is 26.7. The Bertz CT molecular complexity index is 1390. The van der Waals surface area contributed by atoms with E-state index in [4.69, 9.17) is 0 Å². The van der Waals surface area contributed by atoms with Crippen LogP contribution in [-0.4, -0.2) is 63.2 Å². The van der Waals surface area contributed by atoms with Crippen LogP contribution in [0.3, 0.4) is 0 Å². The van der Waals surface area contributed by atoms with Gasteiger partial charge in [0.05, 0.1) is 4.92 Å². The molecule has 3 aromatic rings. The Labute approximate surface area is 228 Å². The number of carbonyl (C=O) groups excluding carboxylic acids is 2. The highest BCUT2D eigenvalue weighted by Gasteiger charge is 2.39. The lowest BCUT2D eigenvalue weighted by molar-refractivity contribution is -0.384. The maximum Gasteiger partial charge on any atom is 0.269 e. The lowest BCUT2D eigenvalue weighted by atomic mass is 9.86. The minimum Gasteiger partial charge on any atom is -0.373 e. The molecular weight excluding hydrogens is 494 g/mol. The molecule has 1 aliphatic heterocycles. The highest BCUT2D eigenvalue weighted by atomic mass is 16.6. The van der Waals surface area contributed by atoms with Crippen molar-refractivity contribution in [3.05, 3.63) is 69.9 Å². The molecule has 2 unspecified atom stereocenters. The summed E-state index contributed by atoms with van der Waals surface area (Å²) >= 11 is 0. The summed E-state index contributed by atoms with van der Waals surface area (Å²) in [6.07, 6.45) is 4.34. The van der Waals surface area contributed by atoms with Crippen molar-refractivity contribution in [2.24, 2.45) is 5.92 Å². The number of nitro benzene ring substituents is 1. The molecule has 206 valence electrons. The van der Waals surface area contributed by atoms with Crippen molar-refractivity contribution < 1.29 is 14.5 Å². The number of hydrogen-bond acceptors (Lipinski definition) is 5. The summed E-state index contributed by atoms with van der Waals surface area (Å²) in [6, 6.07) is 11.9. The summed E-state index contributed by atoms with van der Waals surface area (Å²) in [5.41, 5.74) is 3.89. The molecule has 2 atom stereocenters. The predicted molar refractivity (Wildman–Crippen MR) is 152 cm³/mol. The van der Waals surface area contributed by atoms with Gasteiger partial charge in [-0.05, 0) is 60.6 Å². The Balaban J connectivity index is 1.40. The van der Waals surface area contributed by atoms with Crippen LogP contribution in [0, 0.1) is 16.0 Å². The Hall–Kier alpha value is -3.88. The van der Waals surface area contributed by atoms with E-state index in [1.165, 1.54) is 17.7 Å². The van der Waals surface area contributed by atoms with E-state index in [1.54, 1.807) is 12.1 Å². The fourth-order valence-electron chi connectivity index (χ4n) is 5.38. The molecule has 39 heavy (non-hydrogen) atoms. The van der Waals surface area contributed by atoms with Gasteiger partial charge in [0.25, 0.3) is 5.69 Å². The van der Waals surface area contributed by atoms with Crippen LogP contribution in [-0.2, 0) is 21.4 Å². The van der Waals surface area contributed by atoms with Crippen LogP contribution >= 0.6 is 0 Å². The van der Waals surface area contributed by atoms with E-state index < -0.39 is 11.0 Å². The Kier molecular flexibility index (Phi) is 7.09. The van der Waals surface area contributed by atoms with Crippen molar-refractivity contribution >= 4 is 34.1 Å². The second-order valence-corrected chi connectivity index (χ2v) is 12.0. The number of aromatic amines is 1. The Morgan fingerprint density at radius 3 is 2.46 bits per heavy atom. The van der Waals surface area contributed by atoms with Crippen LogP contribution in [0.4, 0.5) is 11.4 Å². The van der Waals surface area contributed by atoms with E-state index in [1.807, 2.05) is 22.9 Å². The van der Waals surface area contributed by atoms with Gasteiger partial charge in [0.2, 0.25) is 11.8 Å². The summed E-state index contributed by atoms with van der Waals surface area (Å²) in [4.78, 5) is 44.5. The van der Waals surface area contributed by atoms with Crippen LogP contribution in [0.2, 0.25) is 0 Å². The zero-order valence-corrected chi connectivity index (χ0v) is 23.1. The van der Waals surface area contributed by atoms with E-state index >= 15 is 0 Å². The van der Waals surface area contributed by atoms with Gasteiger partial charge in [0.15, 0.2) is 0 Å². The van der Waals surface area contributed by atoms with E-state index in [0.717, 1.165) is 29.3 Å². The van der Waals surface area contributed by atoms with Gasteiger partial charge in [-0.25, -0.2) is 0 Å². The first-order valence-corrected chi connectivity index (χ1v) is 13.7. The zero-order chi connectivity index (χ0) is 27.9. The maximum absolute atomic E-state index is 14.0. The lowest BCUT2D eigenvalue weighted by Gasteiger charge is -2.41. The summed E-state index contributed by atoms with van der Waals surface area (Å²) in [5, 5.41) is 15.6. The number of piperazine rings is 1. The molecule has 9 nitrogen and oxygen atoms in total. The Morgan fingerprint density at radius 1 is 1.13 bits per heavy atom. The number of amides is 2. The number of benzene rings is 2. The first-order chi connectivity index (χ1) is 18.5. The molecule has 0 spiro atoms. The van der Waals surface area contributed by atoms with Crippen LogP contribution in [0.1, 0.15) is 51.7 Å². The van der Waals surface area contributed by atoms with Crippen molar-refractivity contribution in [2.45, 2.75) is 64.5 Å². The average molecular weight is 532 g/mol. The Morgan fingerprint density at radius 2 is 1.85 bits per heavy atom. The molecular formula is C30H37N5O4. The van der Waals surface area contributed by atoms with Crippen LogP contribution in [0.25, 0.3) is 10.9 Å². The van der Waals surface area contributed by atoms with Gasteiger partial charge < -0.3 is 20.1 Å². The molecule has 0 bridgehead atoms. The summed E-state index contributed by atoms with van der Waals surface area (Å²) < 4.78 is 0. The number of anilines is 1. The molecule has 2 fully saturated rings. The van der Waals surface area contributed by atoms with E-state index in [0.29, 0.717) is 31.7 Å². The minimum atomic E-state index is -0.582. The SMILES string of the molecule is CC1CN(C(=O)C(Cc2c[nH]c3ccc(C(C)(C)C)cc23)Nc2ccc([N+](=O)[O-])cc2)CCN1C(=O)C1CC1. The molecule has 2 aliphatic rings. The van der Waals surface area contributed by atoms with Crippen LogP contribution in [0.5, 0.6) is 0 Å². The summed E-state index contributed by atoms with van der Waals surface area (Å²) in [7, 11) is 0. The fraction of sp³-hybridized carbons (Fsp3) is 0.467. The van der Waals surface area contributed by atoms with Crippen molar-refractivity contribution in [2.75, 3.05) is 25.0 Å². The predicted octanol–water partition coefficient (Wildman–Crippen LogP) is 4.87. The normalized spacial score (nSPS) is 18.7. The van der Waals surface area contributed by atoms with Gasteiger partial charge in [0.1, 0.15) is 6.04 Å².